The highest BCUT2D eigenvalue weighted by molar-refractivity contribution is 7.18. The van der Waals surface area contributed by atoms with Crippen LogP contribution in [0.5, 0.6) is 5.75 Å². The lowest BCUT2D eigenvalue weighted by Gasteiger charge is -2.30. The molecule has 7 nitrogen and oxygen atoms in total. The minimum absolute atomic E-state index is 0.0339. The van der Waals surface area contributed by atoms with Gasteiger partial charge in [-0.15, -0.1) is 10.2 Å². The van der Waals surface area contributed by atoms with Crippen molar-refractivity contribution >= 4 is 22.5 Å². The molecule has 4 rings (SSSR count). The van der Waals surface area contributed by atoms with Crippen molar-refractivity contribution in [2.45, 2.75) is 31.7 Å². The molecule has 0 saturated carbocycles. The van der Waals surface area contributed by atoms with E-state index in [-0.39, 0.29) is 12.1 Å². The van der Waals surface area contributed by atoms with Crippen LogP contribution in [0.3, 0.4) is 0 Å². The molecule has 0 spiro atoms. The van der Waals surface area contributed by atoms with Crippen LogP contribution < -0.4 is 10.1 Å². The molecule has 1 N–H and O–H groups in total. The van der Waals surface area contributed by atoms with E-state index in [0.29, 0.717) is 16.7 Å². The molecule has 2 amide bonds. The summed E-state index contributed by atoms with van der Waals surface area (Å²) in [6.45, 7) is 0.717. The number of pyridine rings is 1. The number of aromatic nitrogens is 3. The standard InChI is InChI=1S/C21H23N5O2S/c1-28-16-11-9-15(10-12-16)18-8-3-2-6-14-26(18)21(27)23-20-25-24-19(29-20)17-7-4-5-13-22-17/h4-5,7,9-13,18H,2-3,6,8,14H2,1H3,(H,23,25,27)/t18-/m1/s1. The van der Waals surface area contributed by atoms with Gasteiger partial charge in [0.2, 0.25) is 5.13 Å². The zero-order valence-corrected chi connectivity index (χ0v) is 17.1. The van der Waals surface area contributed by atoms with Crippen molar-refractivity contribution in [3.63, 3.8) is 0 Å². The van der Waals surface area contributed by atoms with E-state index in [0.717, 1.165) is 42.7 Å². The molecule has 1 aliphatic rings. The first-order valence-corrected chi connectivity index (χ1v) is 10.5. The number of methoxy groups -OCH3 is 1. The highest BCUT2D eigenvalue weighted by Gasteiger charge is 2.27. The molecule has 0 bridgehead atoms. The lowest BCUT2D eigenvalue weighted by atomic mass is 10.0. The number of hydrogen-bond acceptors (Lipinski definition) is 6. The first kappa shape index (κ1) is 19.3. The van der Waals surface area contributed by atoms with Gasteiger partial charge < -0.3 is 9.64 Å². The van der Waals surface area contributed by atoms with Crippen LogP contribution in [-0.4, -0.2) is 39.8 Å². The van der Waals surface area contributed by atoms with Gasteiger partial charge in [-0.05, 0) is 42.7 Å². The van der Waals surface area contributed by atoms with E-state index < -0.39 is 0 Å². The summed E-state index contributed by atoms with van der Waals surface area (Å²) in [4.78, 5) is 19.3. The molecule has 3 heterocycles. The molecule has 2 aromatic heterocycles. The molecule has 150 valence electrons. The van der Waals surface area contributed by atoms with Crippen molar-refractivity contribution in [3.8, 4) is 16.5 Å². The Hall–Kier alpha value is -3.00. The summed E-state index contributed by atoms with van der Waals surface area (Å²) in [5.41, 5.74) is 1.87. The van der Waals surface area contributed by atoms with Crippen LogP contribution in [0.25, 0.3) is 10.7 Å². The van der Waals surface area contributed by atoms with Crippen LogP contribution >= 0.6 is 11.3 Å². The Morgan fingerprint density at radius 1 is 1.14 bits per heavy atom. The molecule has 3 aromatic rings. The Bertz CT molecular complexity index is 945. The second-order valence-corrected chi connectivity index (χ2v) is 7.87. The van der Waals surface area contributed by atoms with Crippen LogP contribution in [-0.2, 0) is 0 Å². The maximum absolute atomic E-state index is 13.1. The molecule has 8 heteroatoms. The van der Waals surface area contributed by atoms with Gasteiger partial charge in [0.1, 0.15) is 11.4 Å². The minimum atomic E-state index is -0.142. The lowest BCUT2D eigenvalue weighted by Crippen LogP contribution is -2.38. The molecule has 1 saturated heterocycles. The van der Waals surface area contributed by atoms with Gasteiger partial charge >= 0.3 is 6.03 Å². The van der Waals surface area contributed by atoms with E-state index >= 15 is 0 Å². The quantitative estimate of drug-likeness (QED) is 0.672. The number of likely N-dealkylation sites (tertiary alicyclic amines) is 1. The Labute approximate surface area is 173 Å². The van der Waals surface area contributed by atoms with Crippen molar-refractivity contribution in [2.24, 2.45) is 0 Å². The third kappa shape index (κ3) is 4.54. The number of nitrogens with zero attached hydrogens (tertiary/aromatic N) is 4. The Balaban J connectivity index is 1.51. The van der Waals surface area contributed by atoms with Gasteiger partial charge in [-0.25, -0.2) is 4.79 Å². The maximum atomic E-state index is 13.1. The van der Waals surface area contributed by atoms with Gasteiger partial charge in [0, 0.05) is 12.7 Å². The molecule has 0 unspecified atom stereocenters. The van der Waals surface area contributed by atoms with Gasteiger partial charge in [-0.1, -0.05) is 42.4 Å². The predicted molar refractivity (Wildman–Crippen MR) is 113 cm³/mol. The fraction of sp³-hybridized carbons (Fsp3) is 0.333. The number of nitrogens with one attached hydrogen (secondary N) is 1. The van der Waals surface area contributed by atoms with Gasteiger partial charge in [0.15, 0.2) is 5.01 Å². The largest absolute Gasteiger partial charge is 0.497 e. The summed E-state index contributed by atoms with van der Waals surface area (Å²) in [6, 6.07) is 13.5. The highest BCUT2D eigenvalue weighted by atomic mass is 32.1. The summed E-state index contributed by atoms with van der Waals surface area (Å²) in [5.74, 6) is 0.814. The normalized spacial score (nSPS) is 16.9. The van der Waals surface area contributed by atoms with Crippen LogP contribution in [0, 0.1) is 0 Å². The van der Waals surface area contributed by atoms with Crippen molar-refractivity contribution in [1.82, 2.24) is 20.1 Å². The molecule has 1 fully saturated rings. The molecule has 1 aliphatic heterocycles. The Morgan fingerprint density at radius 2 is 2.00 bits per heavy atom. The van der Waals surface area contributed by atoms with E-state index in [4.69, 9.17) is 4.74 Å². The van der Waals surface area contributed by atoms with Crippen LogP contribution in [0.15, 0.2) is 48.7 Å². The third-order valence-corrected chi connectivity index (χ3v) is 5.90. The fourth-order valence-electron chi connectivity index (χ4n) is 3.55. The second-order valence-electron chi connectivity index (χ2n) is 6.89. The molecule has 1 aromatic carbocycles. The van der Waals surface area contributed by atoms with Crippen LogP contribution in [0.4, 0.5) is 9.93 Å². The summed E-state index contributed by atoms with van der Waals surface area (Å²) in [5, 5.41) is 12.4. The van der Waals surface area contributed by atoms with E-state index in [1.165, 1.54) is 11.3 Å². The maximum Gasteiger partial charge on any atom is 0.324 e. The number of urea groups is 1. The van der Waals surface area contributed by atoms with Gasteiger partial charge in [-0.3, -0.25) is 10.3 Å². The Morgan fingerprint density at radius 3 is 2.76 bits per heavy atom. The van der Waals surface area contributed by atoms with E-state index in [1.54, 1.807) is 13.3 Å². The smallest absolute Gasteiger partial charge is 0.324 e. The number of ether oxygens (including phenoxy) is 1. The number of rotatable bonds is 4. The molecular weight excluding hydrogens is 386 g/mol. The third-order valence-electron chi connectivity index (χ3n) is 5.04. The van der Waals surface area contributed by atoms with Gasteiger partial charge in [0.05, 0.1) is 13.2 Å². The number of benzene rings is 1. The summed E-state index contributed by atoms with van der Waals surface area (Å²) < 4.78 is 5.26. The van der Waals surface area contributed by atoms with E-state index in [2.05, 4.69) is 20.5 Å². The summed E-state index contributed by atoms with van der Waals surface area (Å²) in [6.07, 6.45) is 5.87. The van der Waals surface area contributed by atoms with Crippen molar-refractivity contribution in [1.29, 1.82) is 0 Å². The molecule has 0 aliphatic carbocycles. The average molecular weight is 410 g/mol. The minimum Gasteiger partial charge on any atom is -0.497 e. The van der Waals surface area contributed by atoms with Crippen molar-refractivity contribution in [3.05, 3.63) is 54.2 Å². The lowest BCUT2D eigenvalue weighted by molar-refractivity contribution is 0.189. The fourth-order valence-corrected chi connectivity index (χ4v) is 4.26. The summed E-state index contributed by atoms with van der Waals surface area (Å²) >= 11 is 1.33. The zero-order chi connectivity index (χ0) is 20.1. The molecular formula is C21H23N5O2S. The first-order valence-electron chi connectivity index (χ1n) is 9.71. The first-order chi connectivity index (χ1) is 14.2. The zero-order valence-electron chi connectivity index (χ0n) is 16.2. The number of carbonyl (C=O) groups is 1. The number of carbonyl (C=O) groups excluding carboxylic acids is 1. The summed E-state index contributed by atoms with van der Waals surface area (Å²) in [7, 11) is 1.65. The van der Waals surface area contributed by atoms with Crippen molar-refractivity contribution in [2.75, 3.05) is 19.0 Å². The predicted octanol–water partition coefficient (Wildman–Crippen LogP) is 4.76. The Kier molecular flexibility index (Phi) is 6.00. The van der Waals surface area contributed by atoms with Crippen LogP contribution in [0.2, 0.25) is 0 Å². The van der Waals surface area contributed by atoms with Crippen LogP contribution in [0.1, 0.15) is 37.3 Å². The monoisotopic (exact) mass is 409 g/mol. The molecule has 29 heavy (non-hydrogen) atoms. The van der Waals surface area contributed by atoms with Gasteiger partial charge in [0.25, 0.3) is 0 Å². The number of anilines is 1. The SMILES string of the molecule is COc1ccc([C@H]2CCCCCN2C(=O)Nc2nnc(-c3ccccn3)s2)cc1. The highest BCUT2D eigenvalue weighted by Crippen LogP contribution is 2.32. The second kappa shape index (κ2) is 9.00. The van der Waals surface area contributed by atoms with E-state index in [1.807, 2.05) is 47.4 Å². The van der Waals surface area contributed by atoms with Gasteiger partial charge in [-0.2, -0.15) is 0 Å². The molecule has 0 radical (unpaired) electrons. The molecule has 1 atom stereocenters. The van der Waals surface area contributed by atoms with E-state index in [9.17, 15) is 4.79 Å². The topological polar surface area (TPSA) is 80.2 Å². The average Bonchev–Trinajstić information content (AvgIpc) is 3.09. The van der Waals surface area contributed by atoms with Crippen molar-refractivity contribution < 1.29 is 9.53 Å². The number of hydrogen-bond donors (Lipinski definition) is 1. The number of amides is 2.